The van der Waals surface area contributed by atoms with Crippen molar-refractivity contribution in [1.82, 2.24) is 10.2 Å². The number of hydrogen-bond donors (Lipinski definition) is 1. The average Bonchev–Trinajstić information content (AvgIpc) is 3.31. The first-order valence-corrected chi connectivity index (χ1v) is 8.84. The largest absolute Gasteiger partial charge is 0.454 e. The van der Waals surface area contributed by atoms with Gasteiger partial charge in [0.05, 0.1) is 6.42 Å². The smallest absolute Gasteiger partial charge is 0.322 e. The summed E-state index contributed by atoms with van der Waals surface area (Å²) in [5.74, 6) is 1.45. The Hall–Kier alpha value is -3.61. The van der Waals surface area contributed by atoms with Gasteiger partial charge in [0.2, 0.25) is 12.7 Å². The lowest BCUT2D eigenvalue weighted by Crippen LogP contribution is -2.07. The molecule has 1 aliphatic rings. The molecule has 4 rings (SSSR count). The van der Waals surface area contributed by atoms with E-state index in [1.165, 1.54) is 11.6 Å². The van der Waals surface area contributed by atoms with Crippen LogP contribution in [0.5, 0.6) is 11.5 Å². The van der Waals surface area contributed by atoms with Crippen molar-refractivity contribution in [1.29, 1.82) is 0 Å². The highest BCUT2D eigenvalue weighted by Crippen LogP contribution is 2.32. The molecule has 0 aliphatic carbocycles. The number of amides is 1. The second-order valence-electron chi connectivity index (χ2n) is 6.54. The zero-order chi connectivity index (χ0) is 19.5. The lowest BCUT2D eigenvalue weighted by atomic mass is 10.0. The van der Waals surface area contributed by atoms with E-state index in [0.717, 1.165) is 16.7 Å². The van der Waals surface area contributed by atoms with Gasteiger partial charge in [-0.05, 0) is 48.7 Å². The van der Waals surface area contributed by atoms with Crippen LogP contribution in [0.2, 0.25) is 0 Å². The third kappa shape index (κ3) is 4.03. The van der Waals surface area contributed by atoms with Crippen LogP contribution in [0.3, 0.4) is 0 Å². The van der Waals surface area contributed by atoms with Crippen LogP contribution in [-0.4, -0.2) is 22.9 Å². The zero-order valence-corrected chi connectivity index (χ0v) is 15.6. The quantitative estimate of drug-likeness (QED) is 0.683. The molecule has 3 aromatic rings. The maximum absolute atomic E-state index is 12.1. The van der Waals surface area contributed by atoms with E-state index in [9.17, 15) is 4.79 Å². The number of nitrogens with one attached hydrogen (secondary N) is 1. The summed E-state index contributed by atoms with van der Waals surface area (Å²) < 4.78 is 16.1. The molecule has 1 amide bonds. The SMILES string of the molecule is Cc1ccc(Cc2nnc(NC(=O)/C=C/c3ccc4c(c3)OCO4)o2)c(C)c1. The van der Waals surface area contributed by atoms with E-state index >= 15 is 0 Å². The molecule has 0 spiro atoms. The van der Waals surface area contributed by atoms with Crippen molar-refractivity contribution in [3.8, 4) is 11.5 Å². The lowest BCUT2D eigenvalue weighted by Gasteiger charge is -2.03. The number of fused-ring (bicyclic) bond motifs is 1. The molecule has 2 aromatic carbocycles. The zero-order valence-electron chi connectivity index (χ0n) is 15.6. The molecule has 1 N–H and O–H groups in total. The Morgan fingerprint density at radius 1 is 1.11 bits per heavy atom. The summed E-state index contributed by atoms with van der Waals surface area (Å²) in [4.78, 5) is 12.1. The molecule has 0 bridgehead atoms. The normalized spacial score (nSPS) is 12.5. The van der Waals surface area contributed by atoms with E-state index in [0.29, 0.717) is 23.8 Å². The highest BCUT2D eigenvalue weighted by molar-refractivity contribution is 6.00. The van der Waals surface area contributed by atoms with Gasteiger partial charge in [-0.1, -0.05) is 34.9 Å². The van der Waals surface area contributed by atoms with Crippen LogP contribution in [0.25, 0.3) is 6.08 Å². The van der Waals surface area contributed by atoms with Crippen LogP contribution < -0.4 is 14.8 Å². The van der Waals surface area contributed by atoms with E-state index in [1.54, 1.807) is 18.2 Å². The summed E-state index contributed by atoms with van der Waals surface area (Å²) >= 11 is 0. The van der Waals surface area contributed by atoms with Gasteiger partial charge in [0.1, 0.15) is 0 Å². The fourth-order valence-corrected chi connectivity index (χ4v) is 2.92. The molecule has 0 saturated carbocycles. The molecular weight excluding hydrogens is 358 g/mol. The number of nitrogens with zero attached hydrogens (tertiary/aromatic N) is 2. The molecule has 0 atom stereocenters. The standard InChI is InChI=1S/C21H19N3O4/c1-13-3-6-16(14(2)9-13)11-20-23-24-21(28-20)22-19(25)8-5-15-4-7-17-18(10-15)27-12-26-17/h3-10H,11-12H2,1-2H3,(H,22,24,25)/b8-5+. The number of benzene rings is 2. The summed E-state index contributed by atoms with van der Waals surface area (Å²) in [6.07, 6.45) is 3.58. The first-order chi connectivity index (χ1) is 13.6. The molecule has 0 saturated heterocycles. The molecule has 1 aromatic heterocycles. The number of aromatic nitrogens is 2. The predicted molar refractivity (Wildman–Crippen MR) is 103 cm³/mol. The first-order valence-electron chi connectivity index (χ1n) is 8.84. The van der Waals surface area contributed by atoms with Crippen LogP contribution in [0.15, 0.2) is 46.9 Å². The number of ether oxygens (including phenoxy) is 2. The molecule has 7 nitrogen and oxygen atoms in total. The van der Waals surface area contributed by atoms with Crippen molar-refractivity contribution in [2.24, 2.45) is 0 Å². The van der Waals surface area contributed by atoms with Gasteiger partial charge in [0.15, 0.2) is 11.5 Å². The Labute approximate surface area is 162 Å². The minimum absolute atomic E-state index is 0.0695. The molecule has 142 valence electrons. The molecule has 2 heterocycles. The topological polar surface area (TPSA) is 86.5 Å². The minimum atomic E-state index is -0.362. The van der Waals surface area contributed by atoms with Crippen LogP contribution in [0, 0.1) is 13.8 Å². The van der Waals surface area contributed by atoms with Crippen LogP contribution in [0.1, 0.15) is 28.1 Å². The van der Waals surface area contributed by atoms with Gasteiger partial charge in [-0.3, -0.25) is 10.1 Å². The van der Waals surface area contributed by atoms with Gasteiger partial charge in [-0.15, -0.1) is 5.10 Å². The third-order valence-electron chi connectivity index (χ3n) is 4.36. The van der Waals surface area contributed by atoms with Crippen LogP contribution >= 0.6 is 0 Å². The number of hydrogen-bond acceptors (Lipinski definition) is 6. The van der Waals surface area contributed by atoms with Gasteiger partial charge in [0, 0.05) is 6.08 Å². The van der Waals surface area contributed by atoms with Crippen molar-refractivity contribution in [3.05, 3.63) is 70.6 Å². The first kappa shape index (κ1) is 17.8. The maximum atomic E-state index is 12.1. The van der Waals surface area contributed by atoms with Crippen molar-refractivity contribution < 1.29 is 18.7 Å². The summed E-state index contributed by atoms with van der Waals surface area (Å²) in [7, 11) is 0. The molecular formula is C21H19N3O4. The van der Waals surface area contributed by atoms with E-state index < -0.39 is 0 Å². The summed E-state index contributed by atoms with van der Waals surface area (Å²) in [5.41, 5.74) is 4.29. The van der Waals surface area contributed by atoms with E-state index in [1.807, 2.05) is 32.0 Å². The van der Waals surface area contributed by atoms with Crippen molar-refractivity contribution in [2.45, 2.75) is 20.3 Å². The highest BCUT2D eigenvalue weighted by Gasteiger charge is 2.13. The third-order valence-corrected chi connectivity index (χ3v) is 4.36. The van der Waals surface area contributed by atoms with Crippen molar-refractivity contribution in [3.63, 3.8) is 0 Å². The number of rotatable bonds is 5. The van der Waals surface area contributed by atoms with E-state index in [4.69, 9.17) is 13.9 Å². The summed E-state index contributed by atoms with van der Waals surface area (Å²) in [5, 5.41) is 10.5. The molecule has 0 fully saturated rings. The Morgan fingerprint density at radius 2 is 1.96 bits per heavy atom. The van der Waals surface area contributed by atoms with Crippen LogP contribution in [0.4, 0.5) is 6.01 Å². The molecule has 0 unspecified atom stereocenters. The van der Waals surface area contributed by atoms with Gasteiger partial charge in [-0.25, -0.2) is 0 Å². The second-order valence-corrected chi connectivity index (χ2v) is 6.54. The number of anilines is 1. The molecule has 28 heavy (non-hydrogen) atoms. The fourth-order valence-electron chi connectivity index (χ4n) is 2.92. The number of aryl methyl sites for hydroxylation is 2. The highest BCUT2D eigenvalue weighted by atomic mass is 16.7. The Morgan fingerprint density at radius 3 is 2.82 bits per heavy atom. The number of carbonyl (C=O) groups is 1. The average molecular weight is 377 g/mol. The monoisotopic (exact) mass is 377 g/mol. The van der Waals surface area contributed by atoms with Gasteiger partial charge in [0.25, 0.3) is 5.91 Å². The fraction of sp³-hybridized carbons (Fsp3) is 0.190. The van der Waals surface area contributed by atoms with Crippen molar-refractivity contribution in [2.75, 3.05) is 12.1 Å². The summed E-state index contributed by atoms with van der Waals surface area (Å²) in [6, 6.07) is 11.7. The Kier molecular flexibility index (Phi) is 4.80. The molecule has 0 radical (unpaired) electrons. The summed E-state index contributed by atoms with van der Waals surface area (Å²) in [6.45, 7) is 4.31. The van der Waals surface area contributed by atoms with E-state index in [-0.39, 0.29) is 18.7 Å². The minimum Gasteiger partial charge on any atom is -0.454 e. The molecule has 1 aliphatic heterocycles. The van der Waals surface area contributed by atoms with Crippen molar-refractivity contribution >= 4 is 18.0 Å². The number of carbonyl (C=O) groups excluding carboxylic acids is 1. The van der Waals surface area contributed by atoms with Gasteiger partial charge < -0.3 is 13.9 Å². The van der Waals surface area contributed by atoms with Gasteiger partial charge in [-0.2, -0.15) is 0 Å². The van der Waals surface area contributed by atoms with E-state index in [2.05, 4.69) is 21.6 Å². The Bertz CT molecular complexity index is 1060. The Balaban J connectivity index is 1.37. The van der Waals surface area contributed by atoms with Crippen LogP contribution in [-0.2, 0) is 11.2 Å². The second kappa shape index (κ2) is 7.56. The lowest BCUT2D eigenvalue weighted by molar-refractivity contribution is -0.112. The molecule has 7 heteroatoms. The maximum Gasteiger partial charge on any atom is 0.322 e. The van der Waals surface area contributed by atoms with Gasteiger partial charge >= 0.3 is 6.01 Å². The predicted octanol–water partition coefficient (Wildman–Crippen LogP) is 3.66.